The Morgan fingerprint density at radius 3 is 2.69 bits per heavy atom. The summed E-state index contributed by atoms with van der Waals surface area (Å²) in [5.41, 5.74) is 2.94. The number of amides is 1. The zero-order chi connectivity index (χ0) is 20.4. The molecule has 8 heteroatoms. The van der Waals surface area contributed by atoms with E-state index in [4.69, 9.17) is 9.72 Å². The highest BCUT2D eigenvalue weighted by atomic mass is 32.1. The molecule has 0 atom stereocenters. The fourth-order valence-corrected chi connectivity index (χ4v) is 5.51. The van der Waals surface area contributed by atoms with E-state index in [0.29, 0.717) is 11.4 Å². The van der Waals surface area contributed by atoms with E-state index in [2.05, 4.69) is 28.9 Å². The maximum Gasteiger partial charge on any atom is 0.272 e. The van der Waals surface area contributed by atoms with Crippen LogP contribution in [0.5, 0.6) is 0 Å². The van der Waals surface area contributed by atoms with Gasteiger partial charge in [0.2, 0.25) is 0 Å². The molecule has 1 fully saturated rings. The van der Waals surface area contributed by atoms with Gasteiger partial charge in [-0.3, -0.25) is 14.6 Å². The number of benzene rings is 1. The van der Waals surface area contributed by atoms with Crippen molar-refractivity contribution in [2.75, 3.05) is 44.3 Å². The van der Waals surface area contributed by atoms with Gasteiger partial charge in [0.05, 0.1) is 34.1 Å². The Morgan fingerprint density at radius 1 is 1.17 bits per heavy atom. The van der Waals surface area contributed by atoms with Gasteiger partial charge in [0.1, 0.15) is 4.88 Å². The van der Waals surface area contributed by atoms with Gasteiger partial charge in [-0.15, -0.1) is 11.3 Å². The lowest BCUT2D eigenvalue weighted by molar-refractivity contribution is 0.0376. The van der Waals surface area contributed by atoms with E-state index in [9.17, 15) is 4.79 Å². The molecule has 4 rings (SSSR count). The van der Waals surface area contributed by atoms with Gasteiger partial charge in [-0.05, 0) is 44.9 Å². The van der Waals surface area contributed by atoms with Gasteiger partial charge >= 0.3 is 0 Å². The Bertz CT molecular complexity index is 1010. The molecule has 0 unspecified atom stereocenters. The van der Waals surface area contributed by atoms with Crippen LogP contribution in [0.4, 0.5) is 5.13 Å². The zero-order valence-corrected chi connectivity index (χ0v) is 18.7. The van der Waals surface area contributed by atoms with Gasteiger partial charge in [-0.25, -0.2) is 9.97 Å². The lowest BCUT2D eigenvalue weighted by atomic mass is 10.2. The molecule has 0 aliphatic carbocycles. The highest BCUT2D eigenvalue weighted by molar-refractivity contribution is 7.22. The Morgan fingerprint density at radius 2 is 1.97 bits per heavy atom. The number of aryl methyl sites for hydroxylation is 3. The first-order valence-electron chi connectivity index (χ1n) is 9.94. The lowest BCUT2D eigenvalue weighted by Gasteiger charge is -2.27. The van der Waals surface area contributed by atoms with E-state index < -0.39 is 0 Å². The Kier molecular flexibility index (Phi) is 6.24. The molecule has 29 heavy (non-hydrogen) atoms. The van der Waals surface area contributed by atoms with Crippen molar-refractivity contribution in [3.63, 3.8) is 0 Å². The van der Waals surface area contributed by atoms with Crippen LogP contribution in [0, 0.1) is 20.8 Å². The fourth-order valence-electron chi connectivity index (χ4n) is 3.55. The summed E-state index contributed by atoms with van der Waals surface area (Å²) in [6.07, 6.45) is 0.900. The third kappa shape index (κ3) is 4.66. The Hall–Kier alpha value is -1.87. The van der Waals surface area contributed by atoms with Crippen LogP contribution < -0.4 is 4.90 Å². The van der Waals surface area contributed by atoms with Crippen molar-refractivity contribution in [2.45, 2.75) is 27.2 Å². The van der Waals surface area contributed by atoms with Crippen LogP contribution in [0.15, 0.2) is 18.2 Å². The predicted octanol–water partition coefficient (Wildman–Crippen LogP) is 4.05. The molecule has 1 aliphatic rings. The van der Waals surface area contributed by atoms with Crippen LogP contribution in [-0.4, -0.2) is 60.2 Å². The van der Waals surface area contributed by atoms with Crippen molar-refractivity contribution in [1.82, 2.24) is 14.9 Å². The molecule has 0 saturated carbocycles. The number of ether oxygens (including phenoxy) is 1. The van der Waals surface area contributed by atoms with Crippen molar-refractivity contribution in [2.24, 2.45) is 0 Å². The minimum absolute atomic E-state index is 0.00542. The van der Waals surface area contributed by atoms with Crippen molar-refractivity contribution in [1.29, 1.82) is 0 Å². The fraction of sp³-hybridized carbons (Fsp3) is 0.476. The standard InChI is InChI=1S/C21H26N4O2S2/c1-14-5-6-17-18(13-14)29-21(23-17)25(8-4-7-24-9-11-27-12-10-24)20(26)19-15(2)22-16(3)28-19/h5-6,13H,4,7-12H2,1-3H3. The van der Waals surface area contributed by atoms with Crippen LogP contribution in [0.3, 0.4) is 0 Å². The first-order chi connectivity index (χ1) is 14.0. The summed E-state index contributed by atoms with van der Waals surface area (Å²) in [5, 5.41) is 1.68. The zero-order valence-electron chi connectivity index (χ0n) is 17.1. The second-order valence-corrected chi connectivity index (χ2v) is 9.59. The van der Waals surface area contributed by atoms with Gasteiger partial charge < -0.3 is 4.74 Å². The minimum Gasteiger partial charge on any atom is -0.379 e. The molecule has 3 heterocycles. The van der Waals surface area contributed by atoms with Gasteiger partial charge in [0, 0.05) is 26.2 Å². The second-order valence-electron chi connectivity index (χ2n) is 7.38. The summed E-state index contributed by atoms with van der Waals surface area (Å²) >= 11 is 3.05. The van der Waals surface area contributed by atoms with E-state index in [0.717, 1.165) is 65.3 Å². The number of nitrogens with zero attached hydrogens (tertiary/aromatic N) is 4. The SMILES string of the molecule is Cc1ccc2nc(N(CCCN3CCOCC3)C(=O)c3sc(C)nc3C)sc2c1. The van der Waals surface area contributed by atoms with Crippen LogP contribution in [0.2, 0.25) is 0 Å². The summed E-state index contributed by atoms with van der Waals surface area (Å²) < 4.78 is 6.55. The van der Waals surface area contributed by atoms with E-state index in [1.54, 1.807) is 11.3 Å². The molecule has 0 radical (unpaired) electrons. The van der Waals surface area contributed by atoms with Crippen molar-refractivity contribution in [3.8, 4) is 0 Å². The molecule has 0 spiro atoms. The predicted molar refractivity (Wildman–Crippen MR) is 119 cm³/mol. The molecule has 0 bridgehead atoms. The summed E-state index contributed by atoms with van der Waals surface area (Å²) in [6, 6.07) is 6.23. The van der Waals surface area contributed by atoms with Crippen molar-refractivity contribution < 1.29 is 9.53 Å². The Labute approximate surface area is 179 Å². The van der Waals surface area contributed by atoms with Gasteiger partial charge in [0.25, 0.3) is 5.91 Å². The van der Waals surface area contributed by atoms with Gasteiger partial charge in [0.15, 0.2) is 5.13 Å². The largest absolute Gasteiger partial charge is 0.379 e. The number of fused-ring (bicyclic) bond motifs is 1. The Balaban J connectivity index is 1.58. The van der Waals surface area contributed by atoms with E-state index >= 15 is 0 Å². The molecule has 0 N–H and O–H groups in total. The smallest absolute Gasteiger partial charge is 0.272 e. The maximum atomic E-state index is 13.4. The average Bonchev–Trinajstić information content (AvgIpc) is 3.27. The third-order valence-corrected chi connectivity index (χ3v) is 7.17. The van der Waals surface area contributed by atoms with Crippen LogP contribution in [-0.2, 0) is 4.74 Å². The summed E-state index contributed by atoms with van der Waals surface area (Å²) in [4.78, 5) is 27.6. The maximum absolute atomic E-state index is 13.4. The number of rotatable bonds is 6. The highest BCUT2D eigenvalue weighted by Crippen LogP contribution is 2.31. The molecule has 1 aliphatic heterocycles. The first kappa shape index (κ1) is 20.4. The number of anilines is 1. The third-order valence-electron chi connectivity index (χ3n) is 5.07. The number of hydrogen-bond donors (Lipinski definition) is 0. The van der Waals surface area contributed by atoms with Gasteiger partial charge in [-0.1, -0.05) is 17.4 Å². The molecular formula is C21H26N4O2S2. The summed E-state index contributed by atoms with van der Waals surface area (Å²) in [6.45, 7) is 11.0. The van der Waals surface area contributed by atoms with Crippen LogP contribution in [0.1, 0.15) is 32.4 Å². The average molecular weight is 431 g/mol. The highest BCUT2D eigenvalue weighted by Gasteiger charge is 2.25. The normalized spacial score (nSPS) is 15.1. The molecular weight excluding hydrogens is 404 g/mol. The minimum atomic E-state index is 0.00542. The molecule has 6 nitrogen and oxygen atoms in total. The molecule has 154 valence electrons. The van der Waals surface area contributed by atoms with Crippen LogP contribution >= 0.6 is 22.7 Å². The molecule has 1 saturated heterocycles. The number of aromatic nitrogens is 2. The number of carbonyl (C=O) groups excluding carboxylic acids is 1. The summed E-state index contributed by atoms with van der Waals surface area (Å²) in [7, 11) is 0. The van der Waals surface area contributed by atoms with Gasteiger partial charge in [-0.2, -0.15) is 0 Å². The summed E-state index contributed by atoms with van der Waals surface area (Å²) in [5.74, 6) is 0.00542. The number of morpholine rings is 1. The molecule has 3 aromatic rings. The monoisotopic (exact) mass is 430 g/mol. The molecule has 2 aromatic heterocycles. The molecule has 1 amide bonds. The second kappa shape index (κ2) is 8.87. The number of thiazole rings is 2. The van der Waals surface area contributed by atoms with E-state index in [-0.39, 0.29) is 5.91 Å². The quantitative estimate of drug-likeness (QED) is 0.591. The molecule has 1 aromatic carbocycles. The lowest BCUT2D eigenvalue weighted by Crippen LogP contribution is -2.39. The van der Waals surface area contributed by atoms with Crippen LogP contribution in [0.25, 0.3) is 10.2 Å². The first-order valence-corrected chi connectivity index (χ1v) is 11.6. The topological polar surface area (TPSA) is 58.6 Å². The van der Waals surface area contributed by atoms with Crippen molar-refractivity contribution in [3.05, 3.63) is 39.3 Å². The number of carbonyl (C=O) groups is 1. The van der Waals surface area contributed by atoms with E-state index in [1.807, 2.05) is 24.8 Å². The van der Waals surface area contributed by atoms with Crippen molar-refractivity contribution >= 4 is 43.9 Å². The number of hydrogen-bond acceptors (Lipinski definition) is 7. The van der Waals surface area contributed by atoms with E-state index in [1.165, 1.54) is 16.9 Å².